The molecular weight excluding hydrogens is 262 g/mol. The Morgan fingerprint density at radius 1 is 1.24 bits per heavy atom. The van der Waals surface area contributed by atoms with Gasteiger partial charge in [0.05, 0.1) is 0 Å². The van der Waals surface area contributed by atoms with Gasteiger partial charge in [-0.25, -0.2) is 0 Å². The average Bonchev–Trinajstić information content (AvgIpc) is 3.08. The molecule has 3 rings (SSSR count). The summed E-state index contributed by atoms with van der Waals surface area (Å²) in [5.74, 6) is 0.920. The molecule has 1 aromatic carbocycles. The number of hydrogen-bond donors (Lipinski definition) is 2. The number of nitrogens with one attached hydrogen (secondary N) is 2. The molecule has 2 aliphatic rings. The van der Waals surface area contributed by atoms with Gasteiger partial charge in [-0.1, -0.05) is 30.3 Å². The molecule has 2 fully saturated rings. The third kappa shape index (κ3) is 3.83. The van der Waals surface area contributed by atoms with Crippen LogP contribution in [-0.4, -0.2) is 36.5 Å². The van der Waals surface area contributed by atoms with Gasteiger partial charge < -0.3 is 4.90 Å². The van der Waals surface area contributed by atoms with E-state index in [0.717, 1.165) is 32.5 Å². The minimum Gasteiger partial charge on any atom is -0.342 e. The van der Waals surface area contributed by atoms with E-state index >= 15 is 0 Å². The van der Waals surface area contributed by atoms with Crippen LogP contribution in [0, 0.1) is 5.92 Å². The maximum Gasteiger partial charge on any atom is 0.222 e. The van der Waals surface area contributed by atoms with E-state index in [2.05, 4.69) is 27.9 Å². The lowest BCUT2D eigenvalue weighted by Crippen LogP contribution is -2.47. The van der Waals surface area contributed by atoms with Crippen LogP contribution >= 0.6 is 0 Å². The van der Waals surface area contributed by atoms with E-state index < -0.39 is 0 Å². The zero-order chi connectivity index (χ0) is 14.5. The molecule has 4 nitrogen and oxygen atoms in total. The van der Waals surface area contributed by atoms with Crippen molar-refractivity contribution in [3.05, 3.63) is 35.9 Å². The molecular formula is C17H25N3O. The third-order valence-electron chi connectivity index (χ3n) is 4.72. The Morgan fingerprint density at radius 2 is 2.10 bits per heavy atom. The van der Waals surface area contributed by atoms with Crippen molar-refractivity contribution < 1.29 is 4.79 Å². The van der Waals surface area contributed by atoms with Crippen LogP contribution in [0.1, 0.15) is 31.2 Å². The molecule has 2 aliphatic heterocycles. The molecule has 0 saturated carbocycles. The Kier molecular flexibility index (Phi) is 4.88. The van der Waals surface area contributed by atoms with Crippen molar-refractivity contribution in [2.75, 3.05) is 19.6 Å². The highest BCUT2D eigenvalue weighted by Crippen LogP contribution is 2.23. The Bertz CT molecular complexity index is 456. The molecule has 4 heteroatoms. The van der Waals surface area contributed by atoms with E-state index in [0.29, 0.717) is 24.3 Å². The number of rotatable bonds is 4. The number of carbonyl (C=O) groups is 1. The number of amides is 1. The predicted molar refractivity (Wildman–Crippen MR) is 83.6 cm³/mol. The van der Waals surface area contributed by atoms with Crippen molar-refractivity contribution in [1.82, 2.24) is 15.8 Å². The summed E-state index contributed by atoms with van der Waals surface area (Å²) in [6, 6.07) is 10.8. The van der Waals surface area contributed by atoms with Crippen molar-refractivity contribution in [2.24, 2.45) is 5.92 Å². The Balaban J connectivity index is 1.49. The molecule has 1 aromatic rings. The first kappa shape index (κ1) is 14.5. The van der Waals surface area contributed by atoms with Crippen LogP contribution in [0.2, 0.25) is 0 Å². The van der Waals surface area contributed by atoms with Gasteiger partial charge in [-0.15, -0.1) is 0 Å². The second-order valence-electron chi connectivity index (χ2n) is 6.19. The normalized spacial score (nSPS) is 26.0. The van der Waals surface area contributed by atoms with Crippen molar-refractivity contribution in [2.45, 2.75) is 38.1 Å². The summed E-state index contributed by atoms with van der Waals surface area (Å²) in [4.78, 5) is 14.5. The van der Waals surface area contributed by atoms with Gasteiger partial charge in [-0.2, -0.15) is 0 Å². The van der Waals surface area contributed by atoms with Crippen LogP contribution < -0.4 is 10.9 Å². The predicted octanol–water partition coefficient (Wildman–Crippen LogP) is 1.72. The minimum absolute atomic E-state index is 0.314. The highest BCUT2D eigenvalue weighted by atomic mass is 16.2. The van der Waals surface area contributed by atoms with E-state index in [9.17, 15) is 4.79 Å². The maximum atomic E-state index is 12.4. The number of piperidine rings is 1. The van der Waals surface area contributed by atoms with Gasteiger partial charge in [-0.05, 0) is 37.2 Å². The molecule has 2 N–H and O–H groups in total. The van der Waals surface area contributed by atoms with Gasteiger partial charge in [0, 0.05) is 32.1 Å². The number of benzene rings is 1. The lowest BCUT2D eigenvalue weighted by Gasteiger charge is -2.35. The number of nitrogens with zero attached hydrogens (tertiary/aromatic N) is 1. The monoisotopic (exact) mass is 287 g/mol. The number of likely N-dealkylation sites (tertiary alicyclic amines) is 1. The summed E-state index contributed by atoms with van der Waals surface area (Å²) in [6.07, 6.45) is 5.04. The standard InChI is InChI=1S/C17H25N3O/c21-17(9-8-14-5-2-1-3-6-14)20-12-4-7-15(13-20)16-10-11-18-19-16/h1-3,5-6,15-16,18-19H,4,7-13H2. The van der Waals surface area contributed by atoms with E-state index in [1.54, 1.807) is 0 Å². The van der Waals surface area contributed by atoms with Crippen LogP contribution in [0.3, 0.4) is 0 Å². The fourth-order valence-electron chi connectivity index (χ4n) is 3.48. The molecule has 21 heavy (non-hydrogen) atoms. The van der Waals surface area contributed by atoms with Gasteiger partial charge >= 0.3 is 0 Å². The van der Waals surface area contributed by atoms with E-state index in [4.69, 9.17) is 0 Å². The molecule has 0 radical (unpaired) electrons. The van der Waals surface area contributed by atoms with Crippen molar-refractivity contribution >= 4 is 5.91 Å². The first-order chi connectivity index (χ1) is 10.3. The Hall–Kier alpha value is -1.39. The molecule has 0 spiro atoms. The second kappa shape index (κ2) is 7.05. The SMILES string of the molecule is O=C(CCc1ccccc1)N1CCCC(C2CCNN2)C1. The Labute approximate surface area is 126 Å². The first-order valence-electron chi connectivity index (χ1n) is 8.13. The maximum absolute atomic E-state index is 12.4. The van der Waals surface area contributed by atoms with E-state index in [1.807, 2.05) is 18.2 Å². The smallest absolute Gasteiger partial charge is 0.222 e. The molecule has 2 saturated heterocycles. The number of hydrazine groups is 1. The quantitative estimate of drug-likeness (QED) is 0.886. The summed E-state index contributed by atoms with van der Waals surface area (Å²) in [7, 11) is 0. The molecule has 2 atom stereocenters. The minimum atomic E-state index is 0.314. The number of aryl methyl sites for hydroxylation is 1. The summed E-state index contributed by atoms with van der Waals surface area (Å²) in [5, 5.41) is 0. The third-order valence-corrected chi connectivity index (χ3v) is 4.72. The van der Waals surface area contributed by atoms with Gasteiger partial charge in [0.15, 0.2) is 0 Å². The van der Waals surface area contributed by atoms with Gasteiger partial charge in [-0.3, -0.25) is 15.6 Å². The molecule has 0 bridgehead atoms. The summed E-state index contributed by atoms with van der Waals surface area (Å²) >= 11 is 0. The highest BCUT2D eigenvalue weighted by molar-refractivity contribution is 5.76. The average molecular weight is 287 g/mol. The highest BCUT2D eigenvalue weighted by Gasteiger charge is 2.30. The van der Waals surface area contributed by atoms with Crippen LogP contribution in [0.25, 0.3) is 0 Å². The van der Waals surface area contributed by atoms with Crippen molar-refractivity contribution in [1.29, 1.82) is 0 Å². The first-order valence-corrected chi connectivity index (χ1v) is 8.13. The lowest BCUT2D eigenvalue weighted by molar-refractivity contribution is -0.133. The molecule has 0 aliphatic carbocycles. The fraction of sp³-hybridized carbons (Fsp3) is 0.588. The Morgan fingerprint density at radius 3 is 2.86 bits per heavy atom. The summed E-state index contributed by atoms with van der Waals surface area (Å²) in [5.41, 5.74) is 7.81. The van der Waals surface area contributed by atoms with Crippen LogP contribution in [-0.2, 0) is 11.2 Å². The second-order valence-corrected chi connectivity index (χ2v) is 6.19. The van der Waals surface area contributed by atoms with Crippen LogP contribution in [0.5, 0.6) is 0 Å². The topological polar surface area (TPSA) is 44.4 Å². The van der Waals surface area contributed by atoms with E-state index in [-0.39, 0.29) is 0 Å². The van der Waals surface area contributed by atoms with Crippen LogP contribution in [0.15, 0.2) is 30.3 Å². The molecule has 114 valence electrons. The van der Waals surface area contributed by atoms with Crippen LogP contribution in [0.4, 0.5) is 0 Å². The fourth-order valence-corrected chi connectivity index (χ4v) is 3.48. The lowest BCUT2D eigenvalue weighted by atomic mass is 9.89. The molecule has 1 amide bonds. The number of hydrogen-bond acceptors (Lipinski definition) is 3. The van der Waals surface area contributed by atoms with Gasteiger partial charge in [0.1, 0.15) is 0 Å². The largest absolute Gasteiger partial charge is 0.342 e. The van der Waals surface area contributed by atoms with Crippen molar-refractivity contribution in [3.63, 3.8) is 0 Å². The van der Waals surface area contributed by atoms with Gasteiger partial charge in [0.2, 0.25) is 5.91 Å². The molecule has 2 unspecified atom stereocenters. The summed E-state index contributed by atoms with van der Waals surface area (Å²) < 4.78 is 0. The van der Waals surface area contributed by atoms with Gasteiger partial charge in [0.25, 0.3) is 0 Å². The zero-order valence-electron chi connectivity index (χ0n) is 12.6. The van der Waals surface area contributed by atoms with Crippen molar-refractivity contribution in [3.8, 4) is 0 Å². The molecule has 0 aromatic heterocycles. The molecule has 2 heterocycles. The zero-order valence-corrected chi connectivity index (χ0v) is 12.6. The van der Waals surface area contributed by atoms with E-state index in [1.165, 1.54) is 18.4 Å². The number of carbonyl (C=O) groups excluding carboxylic acids is 1. The summed E-state index contributed by atoms with van der Waals surface area (Å²) in [6.45, 7) is 2.90.